The van der Waals surface area contributed by atoms with Gasteiger partial charge in [-0.25, -0.2) is 0 Å². The largest absolute Gasteiger partial charge is 0.373 e. The Hall–Kier alpha value is -1.05. The van der Waals surface area contributed by atoms with E-state index in [-0.39, 0.29) is 48.3 Å². The topological polar surface area (TPSA) is 46.6 Å². The molecule has 17 heavy (non-hydrogen) atoms. The summed E-state index contributed by atoms with van der Waals surface area (Å²) in [6, 6.07) is 0. The quantitative estimate of drug-likeness (QED) is 0.386. The minimum atomic E-state index is -0.251. The molecule has 3 aliphatic rings. The molecular formula is C12H12ClNO3. The predicted molar refractivity (Wildman–Crippen MR) is 60.1 cm³/mol. The second-order valence-corrected chi connectivity index (χ2v) is 4.86. The van der Waals surface area contributed by atoms with Gasteiger partial charge in [0.25, 0.3) is 0 Å². The first-order valence-corrected chi connectivity index (χ1v) is 6.30. The van der Waals surface area contributed by atoms with E-state index in [2.05, 4.69) is 11.8 Å². The van der Waals surface area contributed by atoms with Crippen LogP contribution in [0.1, 0.15) is 12.8 Å². The summed E-state index contributed by atoms with van der Waals surface area (Å²) < 4.78 is 5.63. The lowest BCUT2D eigenvalue weighted by Crippen LogP contribution is -2.34. The molecule has 0 aromatic rings. The summed E-state index contributed by atoms with van der Waals surface area (Å²) in [5.41, 5.74) is 0. The molecule has 0 aromatic carbocycles. The summed E-state index contributed by atoms with van der Waals surface area (Å²) in [6.07, 6.45) is 1.69. The van der Waals surface area contributed by atoms with Gasteiger partial charge in [-0.15, -0.1) is 11.6 Å². The molecule has 0 radical (unpaired) electrons. The number of halogens is 1. The first-order chi connectivity index (χ1) is 8.24. The molecule has 3 heterocycles. The lowest BCUT2D eigenvalue weighted by molar-refractivity contribution is -0.141. The second-order valence-electron chi connectivity index (χ2n) is 4.59. The molecule has 0 spiro atoms. The Bertz CT molecular complexity index is 411. The summed E-state index contributed by atoms with van der Waals surface area (Å²) in [7, 11) is 0. The summed E-state index contributed by atoms with van der Waals surface area (Å²) in [5, 5.41) is 0. The van der Waals surface area contributed by atoms with E-state index in [1.807, 2.05) is 0 Å². The average Bonchev–Trinajstić information content (AvgIpc) is 2.97. The van der Waals surface area contributed by atoms with E-state index in [1.165, 1.54) is 4.90 Å². The number of likely N-dealkylation sites (tertiary alicyclic amines) is 1. The van der Waals surface area contributed by atoms with E-state index in [0.717, 1.165) is 12.8 Å². The van der Waals surface area contributed by atoms with Gasteiger partial charge < -0.3 is 4.74 Å². The number of amides is 2. The van der Waals surface area contributed by atoms with Crippen LogP contribution in [-0.2, 0) is 14.3 Å². The maximum Gasteiger partial charge on any atom is 0.236 e. The van der Waals surface area contributed by atoms with Gasteiger partial charge in [0, 0.05) is 0 Å². The molecule has 3 rings (SSSR count). The van der Waals surface area contributed by atoms with Crippen molar-refractivity contribution in [2.24, 2.45) is 11.8 Å². The van der Waals surface area contributed by atoms with Crippen molar-refractivity contribution >= 4 is 23.4 Å². The van der Waals surface area contributed by atoms with Crippen molar-refractivity contribution in [3.63, 3.8) is 0 Å². The minimum absolute atomic E-state index is 0.0487. The third-order valence-corrected chi connectivity index (χ3v) is 3.94. The van der Waals surface area contributed by atoms with Gasteiger partial charge in [0.2, 0.25) is 11.8 Å². The van der Waals surface area contributed by atoms with Gasteiger partial charge >= 0.3 is 0 Å². The number of carbonyl (C=O) groups is 2. The van der Waals surface area contributed by atoms with Gasteiger partial charge in [0.05, 0.1) is 36.5 Å². The Labute approximate surface area is 104 Å². The summed E-state index contributed by atoms with van der Waals surface area (Å²) >= 11 is 5.43. The van der Waals surface area contributed by atoms with Gasteiger partial charge in [0.15, 0.2) is 0 Å². The van der Waals surface area contributed by atoms with Crippen molar-refractivity contribution in [1.82, 2.24) is 4.90 Å². The molecule has 5 heteroatoms. The van der Waals surface area contributed by atoms with E-state index < -0.39 is 0 Å². The highest BCUT2D eigenvalue weighted by Gasteiger charge is 2.62. The van der Waals surface area contributed by atoms with Crippen LogP contribution in [0.5, 0.6) is 0 Å². The van der Waals surface area contributed by atoms with Gasteiger partial charge in [-0.05, 0) is 12.8 Å². The maximum absolute atomic E-state index is 12.1. The van der Waals surface area contributed by atoms with E-state index in [9.17, 15) is 9.59 Å². The lowest BCUT2D eigenvalue weighted by Gasteiger charge is -2.15. The molecule has 3 fully saturated rings. The molecule has 2 amide bonds. The minimum Gasteiger partial charge on any atom is -0.373 e. The third-order valence-electron chi connectivity index (χ3n) is 3.80. The molecule has 0 saturated carbocycles. The van der Waals surface area contributed by atoms with Crippen LogP contribution in [0.2, 0.25) is 0 Å². The monoisotopic (exact) mass is 253 g/mol. The van der Waals surface area contributed by atoms with E-state index in [0.29, 0.717) is 0 Å². The fraction of sp³-hybridized carbons (Fsp3) is 0.667. The highest BCUT2D eigenvalue weighted by atomic mass is 35.5. The molecule has 4 atom stereocenters. The van der Waals surface area contributed by atoms with E-state index in [1.54, 1.807) is 0 Å². The maximum atomic E-state index is 12.1. The van der Waals surface area contributed by atoms with Crippen molar-refractivity contribution in [3.05, 3.63) is 0 Å². The van der Waals surface area contributed by atoms with Gasteiger partial charge in [-0.2, -0.15) is 0 Å². The molecule has 90 valence electrons. The third kappa shape index (κ3) is 1.50. The number of hydrogen-bond donors (Lipinski definition) is 0. The van der Waals surface area contributed by atoms with Crippen LogP contribution in [0, 0.1) is 23.7 Å². The summed E-state index contributed by atoms with van der Waals surface area (Å²) in [4.78, 5) is 25.5. The summed E-state index contributed by atoms with van der Waals surface area (Å²) in [5.74, 6) is 4.89. The average molecular weight is 254 g/mol. The zero-order chi connectivity index (χ0) is 12.0. The Morgan fingerprint density at radius 1 is 1.18 bits per heavy atom. The standard InChI is InChI=1S/C12H12ClNO3/c13-5-1-2-6-14-11(15)9-7-3-4-8(17-7)10(9)12(14)16/h7-10H,3-6H2/t7-,8-,9-,10-/m1/s1. The summed E-state index contributed by atoms with van der Waals surface area (Å²) in [6.45, 7) is 0.164. The fourth-order valence-electron chi connectivity index (χ4n) is 3.11. The van der Waals surface area contributed by atoms with Crippen LogP contribution in [0.15, 0.2) is 0 Å². The first-order valence-electron chi connectivity index (χ1n) is 5.76. The Morgan fingerprint density at radius 3 is 2.29 bits per heavy atom. The van der Waals surface area contributed by atoms with Crippen molar-refractivity contribution in [2.75, 3.05) is 12.4 Å². The van der Waals surface area contributed by atoms with E-state index in [4.69, 9.17) is 16.3 Å². The zero-order valence-corrected chi connectivity index (χ0v) is 9.94. The van der Waals surface area contributed by atoms with Crippen molar-refractivity contribution in [2.45, 2.75) is 25.0 Å². The number of imide groups is 1. The lowest BCUT2D eigenvalue weighted by atomic mass is 9.81. The Balaban J connectivity index is 1.81. The van der Waals surface area contributed by atoms with E-state index >= 15 is 0 Å². The fourth-order valence-corrected chi connectivity index (χ4v) is 3.21. The smallest absolute Gasteiger partial charge is 0.236 e. The normalized spacial score (nSPS) is 38.3. The second kappa shape index (κ2) is 4.01. The van der Waals surface area contributed by atoms with Crippen molar-refractivity contribution < 1.29 is 14.3 Å². The Kier molecular flexibility index (Phi) is 2.61. The number of carbonyl (C=O) groups excluding carboxylic acids is 2. The van der Waals surface area contributed by atoms with Crippen LogP contribution in [-0.4, -0.2) is 41.3 Å². The van der Waals surface area contributed by atoms with Crippen LogP contribution < -0.4 is 0 Å². The number of alkyl halides is 1. The van der Waals surface area contributed by atoms with Crippen LogP contribution in [0.4, 0.5) is 0 Å². The van der Waals surface area contributed by atoms with Gasteiger partial charge in [-0.1, -0.05) is 11.8 Å². The highest BCUT2D eigenvalue weighted by molar-refractivity contribution is 6.19. The van der Waals surface area contributed by atoms with Crippen LogP contribution >= 0.6 is 11.6 Å². The van der Waals surface area contributed by atoms with Crippen molar-refractivity contribution in [3.8, 4) is 11.8 Å². The van der Waals surface area contributed by atoms with Crippen LogP contribution in [0.25, 0.3) is 0 Å². The molecule has 3 saturated heterocycles. The molecule has 0 unspecified atom stereocenters. The first kappa shape index (κ1) is 11.1. The Morgan fingerprint density at radius 2 is 1.76 bits per heavy atom. The van der Waals surface area contributed by atoms with Crippen molar-refractivity contribution in [1.29, 1.82) is 0 Å². The number of rotatable bonds is 1. The predicted octanol–water partition coefficient (Wildman–Crippen LogP) is 0.391. The highest BCUT2D eigenvalue weighted by Crippen LogP contribution is 2.48. The molecule has 0 aromatic heterocycles. The molecular weight excluding hydrogens is 242 g/mol. The SMILES string of the molecule is O=C1[C@H]2[C@H](C(=O)N1CC#CCCl)[C@H]1CC[C@H]2O1. The number of hydrogen-bond acceptors (Lipinski definition) is 3. The number of ether oxygens (including phenoxy) is 1. The van der Waals surface area contributed by atoms with Gasteiger partial charge in [-0.3, -0.25) is 14.5 Å². The molecule has 0 N–H and O–H groups in total. The number of nitrogens with zero attached hydrogens (tertiary/aromatic N) is 1. The zero-order valence-electron chi connectivity index (χ0n) is 9.19. The molecule has 4 nitrogen and oxygen atoms in total. The van der Waals surface area contributed by atoms with Crippen LogP contribution in [0.3, 0.4) is 0 Å². The van der Waals surface area contributed by atoms with Gasteiger partial charge in [0.1, 0.15) is 0 Å². The molecule has 2 bridgehead atoms. The number of fused-ring (bicyclic) bond motifs is 5. The molecule has 0 aliphatic carbocycles. The molecule has 3 aliphatic heterocycles.